The van der Waals surface area contributed by atoms with Crippen LogP contribution in [-0.4, -0.2) is 35.0 Å². The van der Waals surface area contributed by atoms with Gasteiger partial charge in [-0.3, -0.25) is 10.1 Å². The van der Waals surface area contributed by atoms with E-state index in [-0.39, 0.29) is 11.0 Å². The van der Waals surface area contributed by atoms with E-state index in [9.17, 15) is 10.1 Å². The molecule has 1 saturated heterocycles. The molecule has 4 heteroatoms. The van der Waals surface area contributed by atoms with Crippen LogP contribution in [0.5, 0.6) is 0 Å². The summed E-state index contributed by atoms with van der Waals surface area (Å²) < 4.78 is 0. The van der Waals surface area contributed by atoms with Crippen LogP contribution in [0.1, 0.15) is 44.9 Å². The number of piperidine rings is 1. The Morgan fingerprint density at radius 3 is 2.13 bits per heavy atom. The molecule has 0 amide bonds. The summed E-state index contributed by atoms with van der Waals surface area (Å²) in [6, 6.07) is 0.382. The van der Waals surface area contributed by atoms with Crippen LogP contribution in [0.4, 0.5) is 0 Å². The molecule has 1 heterocycles. The second-order valence-electron chi connectivity index (χ2n) is 4.84. The number of rotatable bonds is 2. The van der Waals surface area contributed by atoms with Gasteiger partial charge in [0.05, 0.1) is 0 Å². The van der Waals surface area contributed by atoms with Crippen LogP contribution in [0.25, 0.3) is 0 Å². The zero-order chi connectivity index (χ0) is 10.7. The minimum atomic E-state index is -0.258. The van der Waals surface area contributed by atoms with Gasteiger partial charge in [-0.05, 0) is 38.8 Å². The fourth-order valence-electron chi connectivity index (χ4n) is 2.92. The van der Waals surface area contributed by atoms with E-state index in [0.29, 0.717) is 6.04 Å². The first-order valence-electron chi connectivity index (χ1n) is 6.15. The molecule has 0 N–H and O–H groups in total. The van der Waals surface area contributed by atoms with Gasteiger partial charge < -0.3 is 4.90 Å². The second-order valence-corrected chi connectivity index (χ2v) is 4.84. The van der Waals surface area contributed by atoms with Crippen molar-refractivity contribution in [1.82, 2.24) is 4.90 Å². The molecule has 15 heavy (non-hydrogen) atoms. The highest BCUT2D eigenvalue weighted by atomic mass is 16.6. The molecule has 1 aliphatic heterocycles. The Bertz CT molecular complexity index is 219. The minimum Gasteiger partial charge on any atom is -0.300 e. The number of hydrogen-bond donors (Lipinski definition) is 0. The summed E-state index contributed by atoms with van der Waals surface area (Å²) in [6.07, 6.45) is 7.63. The highest BCUT2D eigenvalue weighted by molar-refractivity contribution is 4.81. The predicted octanol–water partition coefficient (Wildman–Crippen LogP) is 2.06. The van der Waals surface area contributed by atoms with Crippen molar-refractivity contribution in [3.05, 3.63) is 10.1 Å². The van der Waals surface area contributed by atoms with Gasteiger partial charge >= 0.3 is 0 Å². The lowest BCUT2D eigenvalue weighted by Crippen LogP contribution is -2.43. The van der Waals surface area contributed by atoms with E-state index in [0.717, 1.165) is 25.7 Å². The Morgan fingerprint density at radius 2 is 1.60 bits per heavy atom. The minimum absolute atomic E-state index is 0.0908. The number of nitrogens with zero attached hydrogens (tertiary/aromatic N) is 2. The molecule has 2 rings (SSSR count). The fourth-order valence-corrected chi connectivity index (χ4v) is 2.92. The normalized spacial score (nSPS) is 33.9. The molecule has 0 aromatic heterocycles. The zero-order valence-electron chi connectivity index (χ0n) is 9.23. The standard InChI is InChI=1S/C11H20N2O2/c14-13(15)11-6-4-10(5-7-11)12-8-2-1-3-9-12/h10-11H,1-9H2. The summed E-state index contributed by atoms with van der Waals surface area (Å²) in [5, 5.41) is 10.6. The van der Waals surface area contributed by atoms with E-state index in [2.05, 4.69) is 4.90 Å². The molecule has 2 aliphatic rings. The van der Waals surface area contributed by atoms with Crippen LogP contribution >= 0.6 is 0 Å². The van der Waals surface area contributed by atoms with Crippen LogP contribution in [0.3, 0.4) is 0 Å². The molecule has 0 unspecified atom stereocenters. The average molecular weight is 212 g/mol. The average Bonchev–Trinajstić information content (AvgIpc) is 2.30. The Balaban J connectivity index is 1.79. The highest BCUT2D eigenvalue weighted by Crippen LogP contribution is 2.26. The SMILES string of the molecule is O=[N+]([O-])C1CCC(N2CCCCC2)CC1. The van der Waals surface area contributed by atoms with Crippen molar-refractivity contribution in [2.24, 2.45) is 0 Å². The third-order valence-corrected chi connectivity index (χ3v) is 3.87. The van der Waals surface area contributed by atoms with Gasteiger partial charge in [0.15, 0.2) is 0 Å². The Hall–Kier alpha value is -0.640. The largest absolute Gasteiger partial charge is 0.300 e. The van der Waals surface area contributed by atoms with Crippen molar-refractivity contribution in [1.29, 1.82) is 0 Å². The maximum Gasteiger partial charge on any atom is 0.213 e. The Kier molecular flexibility index (Phi) is 3.57. The van der Waals surface area contributed by atoms with E-state index in [1.54, 1.807) is 0 Å². The van der Waals surface area contributed by atoms with E-state index in [4.69, 9.17) is 0 Å². The van der Waals surface area contributed by atoms with Gasteiger partial charge in [-0.2, -0.15) is 0 Å². The topological polar surface area (TPSA) is 46.4 Å². The molecule has 4 nitrogen and oxygen atoms in total. The molecule has 0 bridgehead atoms. The summed E-state index contributed by atoms with van der Waals surface area (Å²) in [4.78, 5) is 13.1. The zero-order valence-corrected chi connectivity index (χ0v) is 9.23. The van der Waals surface area contributed by atoms with E-state index >= 15 is 0 Å². The van der Waals surface area contributed by atoms with Gasteiger partial charge in [0.25, 0.3) is 0 Å². The molecule has 0 atom stereocenters. The molecule has 1 saturated carbocycles. The molecule has 1 aliphatic carbocycles. The Morgan fingerprint density at radius 1 is 1.00 bits per heavy atom. The van der Waals surface area contributed by atoms with Crippen LogP contribution < -0.4 is 0 Å². The maximum atomic E-state index is 10.6. The molecule has 2 fully saturated rings. The lowest BCUT2D eigenvalue weighted by Gasteiger charge is -2.37. The summed E-state index contributed by atoms with van der Waals surface area (Å²) in [7, 11) is 0. The van der Waals surface area contributed by atoms with Crippen molar-refractivity contribution in [2.45, 2.75) is 57.0 Å². The maximum absolute atomic E-state index is 10.6. The van der Waals surface area contributed by atoms with E-state index < -0.39 is 0 Å². The van der Waals surface area contributed by atoms with Crippen LogP contribution in [0.2, 0.25) is 0 Å². The summed E-state index contributed by atoms with van der Waals surface area (Å²) in [5.74, 6) is 0. The monoisotopic (exact) mass is 212 g/mol. The molecule has 0 aromatic carbocycles. The lowest BCUT2D eigenvalue weighted by atomic mass is 9.89. The number of likely N-dealkylation sites (tertiary alicyclic amines) is 1. The molecule has 0 aromatic rings. The van der Waals surface area contributed by atoms with Crippen molar-refractivity contribution >= 4 is 0 Å². The van der Waals surface area contributed by atoms with Crippen LogP contribution in [0, 0.1) is 10.1 Å². The highest BCUT2D eigenvalue weighted by Gasteiger charge is 2.31. The summed E-state index contributed by atoms with van der Waals surface area (Å²) in [6.45, 7) is 2.43. The first-order valence-corrected chi connectivity index (χ1v) is 6.15. The van der Waals surface area contributed by atoms with Gasteiger partial charge in [-0.25, -0.2) is 0 Å². The van der Waals surface area contributed by atoms with Gasteiger partial charge in [0.2, 0.25) is 6.04 Å². The van der Waals surface area contributed by atoms with Crippen LogP contribution in [-0.2, 0) is 0 Å². The molecular weight excluding hydrogens is 192 g/mol. The quantitative estimate of drug-likeness (QED) is 0.520. The summed E-state index contributed by atoms with van der Waals surface area (Å²) >= 11 is 0. The summed E-state index contributed by atoms with van der Waals surface area (Å²) in [5.41, 5.74) is 0. The molecule has 0 spiro atoms. The molecule has 0 radical (unpaired) electrons. The van der Waals surface area contributed by atoms with E-state index in [1.165, 1.54) is 32.4 Å². The van der Waals surface area contributed by atoms with Crippen molar-refractivity contribution in [3.63, 3.8) is 0 Å². The first kappa shape index (κ1) is 10.9. The fraction of sp³-hybridized carbons (Fsp3) is 1.00. The van der Waals surface area contributed by atoms with Crippen molar-refractivity contribution < 1.29 is 4.92 Å². The number of hydrogen-bond acceptors (Lipinski definition) is 3. The second kappa shape index (κ2) is 4.92. The molecule has 86 valence electrons. The molecular formula is C11H20N2O2. The third-order valence-electron chi connectivity index (χ3n) is 3.87. The van der Waals surface area contributed by atoms with Crippen LogP contribution in [0.15, 0.2) is 0 Å². The Labute approximate surface area is 90.8 Å². The van der Waals surface area contributed by atoms with Gasteiger partial charge in [0, 0.05) is 23.8 Å². The third kappa shape index (κ3) is 2.68. The smallest absolute Gasteiger partial charge is 0.213 e. The van der Waals surface area contributed by atoms with Crippen molar-refractivity contribution in [3.8, 4) is 0 Å². The van der Waals surface area contributed by atoms with E-state index in [1.807, 2.05) is 0 Å². The first-order chi connectivity index (χ1) is 7.27. The predicted molar refractivity (Wildman–Crippen MR) is 58.5 cm³/mol. The van der Waals surface area contributed by atoms with Crippen molar-refractivity contribution in [2.75, 3.05) is 13.1 Å². The number of nitro groups is 1. The lowest BCUT2D eigenvalue weighted by molar-refractivity contribution is -0.526. The van der Waals surface area contributed by atoms with Gasteiger partial charge in [0.1, 0.15) is 0 Å². The van der Waals surface area contributed by atoms with Gasteiger partial charge in [-0.15, -0.1) is 0 Å². The van der Waals surface area contributed by atoms with Gasteiger partial charge in [-0.1, -0.05) is 6.42 Å².